The zero-order valence-corrected chi connectivity index (χ0v) is 28.0. The molecule has 0 bridgehead atoms. The molecular weight excluding hydrogens is 759 g/mol. The Balaban J connectivity index is 0.000000175. The molecule has 0 fully saturated rings. The van der Waals surface area contributed by atoms with Gasteiger partial charge in [0.05, 0.1) is 17.9 Å². The van der Waals surface area contributed by atoms with Crippen LogP contribution in [0.4, 0.5) is 0 Å². The van der Waals surface area contributed by atoms with Gasteiger partial charge in [-0.1, -0.05) is 139 Å². The van der Waals surface area contributed by atoms with Crippen molar-refractivity contribution in [1.29, 1.82) is 0 Å². The van der Waals surface area contributed by atoms with Crippen molar-refractivity contribution in [3.05, 3.63) is 139 Å². The molecule has 0 saturated carbocycles. The quantitative estimate of drug-likeness (QED) is 0.219. The van der Waals surface area contributed by atoms with Gasteiger partial charge in [0.15, 0.2) is 0 Å². The van der Waals surface area contributed by atoms with E-state index in [1.54, 1.807) is 72.8 Å². The number of halogens is 3. The van der Waals surface area contributed by atoms with E-state index in [2.05, 4.69) is 47.8 Å². The molecule has 210 valence electrons. The van der Waals surface area contributed by atoms with Crippen molar-refractivity contribution in [2.75, 3.05) is 0 Å². The Bertz CT molecular complexity index is 1750. The summed E-state index contributed by atoms with van der Waals surface area (Å²) in [5.41, 5.74) is 0.677. The Morgan fingerprint density at radius 2 is 0.581 bits per heavy atom. The largest absolute Gasteiger partial charge is 3.00 e. The molecule has 0 radical (unpaired) electrons. The van der Waals surface area contributed by atoms with E-state index >= 15 is 0 Å². The molecule has 6 aromatic rings. The average molecular weight is 777 g/mol. The van der Waals surface area contributed by atoms with Crippen molar-refractivity contribution >= 4 is 115 Å². The van der Waals surface area contributed by atoms with Crippen molar-refractivity contribution in [2.24, 2.45) is 0 Å². The number of carboxylic acids is 3. The van der Waals surface area contributed by atoms with Gasteiger partial charge in [0.2, 0.25) is 0 Å². The average Bonchev–Trinajstić information content (AvgIpc) is 2.98. The van der Waals surface area contributed by atoms with Gasteiger partial charge in [0.25, 0.3) is 0 Å². The second-order valence-electron chi connectivity index (χ2n) is 8.78. The SMILES string of the molecule is O=C([O-])c1ccc(Br)c2ccccc12.O=C([O-])c1ccc(Br)c2ccccc12.O=C([O-])c1ccc(Br)c2ccccc12.[Al+3]. The summed E-state index contributed by atoms with van der Waals surface area (Å²) < 4.78 is 2.66. The Labute approximate surface area is 282 Å². The van der Waals surface area contributed by atoms with E-state index in [4.69, 9.17) is 0 Å². The van der Waals surface area contributed by atoms with Crippen LogP contribution in [0.25, 0.3) is 32.3 Å². The summed E-state index contributed by atoms with van der Waals surface area (Å²) in [6.07, 6.45) is 0. The molecule has 0 spiro atoms. The summed E-state index contributed by atoms with van der Waals surface area (Å²) in [7, 11) is 0. The Kier molecular flexibility index (Phi) is 12.1. The summed E-state index contributed by atoms with van der Waals surface area (Å²) in [5, 5.41) is 37.1. The standard InChI is InChI=1S/3C11H7BrO2.Al/c3*12-10-6-5-9(11(13)14)7-3-1-2-4-8(7)10;/h3*1-6H,(H,13,14);/q;;;+3/p-3. The predicted octanol–water partition coefficient (Wildman–Crippen LogP) is 5.52. The fourth-order valence-electron chi connectivity index (χ4n) is 4.32. The van der Waals surface area contributed by atoms with Gasteiger partial charge in [0.1, 0.15) is 0 Å². The van der Waals surface area contributed by atoms with Gasteiger partial charge in [-0.2, -0.15) is 0 Å². The summed E-state index contributed by atoms with van der Waals surface area (Å²) in [6.45, 7) is 0. The third-order valence-electron chi connectivity index (χ3n) is 6.27. The normalized spacial score (nSPS) is 10.1. The molecule has 6 aromatic carbocycles. The molecule has 0 heterocycles. The van der Waals surface area contributed by atoms with Gasteiger partial charge >= 0.3 is 17.4 Å². The van der Waals surface area contributed by atoms with Gasteiger partial charge in [-0.15, -0.1) is 0 Å². The first-order valence-corrected chi connectivity index (χ1v) is 14.6. The zero-order valence-electron chi connectivity index (χ0n) is 22.1. The maximum atomic E-state index is 10.8. The van der Waals surface area contributed by atoms with Crippen molar-refractivity contribution in [3.8, 4) is 0 Å². The van der Waals surface area contributed by atoms with Gasteiger partial charge in [0, 0.05) is 30.1 Å². The van der Waals surface area contributed by atoms with E-state index < -0.39 is 17.9 Å². The minimum absolute atomic E-state index is 0. The molecule has 0 aromatic heterocycles. The predicted molar refractivity (Wildman–Crippen MR) is 174 cm³/mol. The molecular formula is C33H18AlBr3O6. The van der Waals surface area contributed by atoms with E-state index in [0.29, 0.717) is 16.2 Å². The van der Waals surface area contributed by atoms with Crippen LogP contribution in [-0.2, 0) is 0 Å². The molecule has 6 rings (SSSR count). The number of carbonyl (C=O) groups excluding carboxylic acids is 3. The number of benzene rings is 6. The van der Waals surface area contributed by atoms with Crippen LogP contribution < -0.4 is 15.3 Å². The second-order valence-corrected chi connectivity index (χ2v) is 11.3. The topological polar surface area (TPSA) is 120 Å². The van der Waals surface area contributed by atoms with Crippen molar-refractivity contribution in [3.63, 3.8) is 0 Å². The third kappa shape index (κ3) is 7.91. The molecule has 10 heteroatoms. The fourth-order valence-corrected chi connectivity index (χ4v) is 5.75. The minimum Gasteiger partial charge on any atom is -0.545 e. The van der Waals surface area contributed by atoms with E-state index in [9.17, 15) is 29.7 Å². The molecule has 0 N–H and O–H groups in total. The summed E-state index contributed by atoms with van der Waals surface area (Å²) >= 11 is 10.1. The molecule has 0 unspecified atom stereocenters. The Morgan fingerprint density at radius 1 is 0.372 bits per heavy atom. The Morgan fingerprint density at radius 3 is 0.791 bits per heavy atom. The summed E-state index contributed by atoms with van der Waals surface area (Å²) in [5.74, 6) is -3.43. The fraction of sp³-hybridized carbons (Fsp3) is 0. The van der Waals surface area contributed by atoms with Crippen LogP contribution in [0.2, 0.25) is 0 Å². The molecule has 0 atom stereocenters. The molecule has 0 amide bonds. The van der Waals surface area contributed by atoms with Crippen LogP contribution in [0.1, 0.15) is 31.1 Å². The van der Waals surface area contributed by atoms with Gasteiger partial charge in [-0.3, -0.25) is 0 Å². The second kappa shape index (κ2) is 15.3. The number of aromatic carboxylic acids is 3. The molecule has 0 aliphatic heterocycles. The molecule has 0 aliphatic rings. The van der Waals surface area contributed by atoms with E-state index in [0.717, 1.165) is 29.6 Å². The number of hydrogen-bond acceptors (Lipinski definition) is 6. The first-order valence-electron chi connectivity index (χ1n) is 12.3. The molecule has 43 heavy (non-hydrogen) atoms. The van der Waals surface area contributed by atoms with Gasteiger partial charge in [-0.25, -0.2) is 0 Å². The molecule has 6 nitrogen and oxygen atoms in total. The number of rotatable bonds is 3. The maximum absolute atomic E-state index is 10.8. The van der Waals surface area contributed by atoms with Gasteiger partial charge < -0.3 is 29.7 Å². The molecule has 0 aliphatic carbocycles. The van der Waals surface area contributed by atoms with Crippen LogP contribution in [0.15, 0.2) is 123 Å². The van der Waals surface area contributed by atoms with Crippen LogP contribution in [0, 0.1) is 0 Å². The Hall–Kier alpha value is -3.52. The number of carboxylic acid groups (broad SMARTS) is 3. The van der Waals surface area contributed by atoms with Crippen LogP contribution in [0.3, 0.4) is 0 Å². The van der Waals surface area contributed by atoms with Crippen molar-refractivity contribution < 1.29 is 29.7 Å². The third-order valence-corrected chi connectivity index (χ3v) is 8.35. The van der Waals surface area contributed by atoms with Crippen LogP contribution in [0.5, 0.6) is 0 Å². The summed E-state index contributed by atoms with van der Waals surface area (Å²) in [4.78, 5) is 32.4. The minimum atomic E-state index is -1.14. The van der Waals surface area contributed by atoms with Crippen LogP contribution in [-0.4, -0.2) is 35.3 Å². The van der Waals surface area contributed by atoms with Crippen molar-refractivity contribution in [2.45, 2.75) is 0 Å². The first-order chi connectivity index (χ1) is 20.1. The monoisotopic (exact) mass is 774 g/mol. The smallest absolute Gasteiger partial charge is 0.545 e. The zero-order chi connectivity index (χ0) is 30.4. The van der Waals surface area contributed by atoms with E-state index in [1.165, 1.54) is 0 Å². The number of carbonyl (C=O) groups is 3. The van der Waals surface area contributed by atoms with Crippen molar-refractivity contribution in [1.82, 2.24) is 0 Å². The van der Waals surface area contributed by atoms with E-state index in [1.807, 2.05) is 36.4 Å². The first kappa shape index (κ1) is 34.0. The van der Waals surface area contributed by atoms with Gasteiger partial charge in [-0.05, 0) is 50.5 Å². The molecule has 0 saturated heterocycles. The van der Waals surface area contributed by atoms with E-state index in [-0.39, 0.29) is 34.1 Å². The number of fused-ring (bicyclic) bond motifs is 3. The maximum Gasteiger partial charge on any atom is 3.00 e. The van der Waals surface area contributed by atoms with Crippen LogP contribution >= 0.6 is 47.8 Å². The summed E-state index contributed by atoms with van der Waals surface area (Å²) in [6, 6.07) is 31.7. The number of hydrogen-bond donors (Lipinski definition) is 0.